The summed E-state index contributed by atoms with van der Waals surface area (Å²) in [6, 6.07) is 24.0. The van der Waals surface area contributed by atoms with Gasteiger partial charge in [0, 0.05) is 0 Å². The van der Waals surface area contributed by atoms with E-state index in [1.165, 1.54) is 48.6 Å². The summed E-state index contributed by atoms with van der Waals surface area (Å²) in [6.07, 6.45) is 5.56. The van der Waals surface area contributed by atoms with Gasteiger partial charge in [0.15, 0.2) is 0 Å². The van der Waals surface area contributed by atoms with E-state index in [0.717, 1.165) is 12.1 Å². The van der Waals surface area contributed by atoms with E-state index in [2.05, 4.69) is 0 Å². The zero-order valence-corrected chi connectivity index (χ0v) is 37.3. The second-order valence-electron chi connectivity index (χ2n) is 8.65. The molecule has 0 aromatic heterocycles. The Bertz CT molecular complexity index is 2000. The van der Waals surface area contributed by atoms with Gasteiger partial charge in [-0.15, -0.1) is 0 Å². The van der Waals surface area contributed by atoms with Crippen LogP contribution >= 0.6 is 0 Å². The standard InChI is InChI=1S/2C14H12O6S2.4Na/c2*15-21(16,17)13-8-4-7-12(14(13)22(18,19)20)10-9-11-5-2-1-3-6-11;;;;/h2*1-10H,(H,15,16,17)(H,18,19,20);;;;/q;;4*+1/p-4. The molecule has 0 radical (unpaired) electrons. The fourth-order valence-electron chi connectivity index (χ4n) is 3.76. The molecule has 0 saturated carbocycles. The molecule has 0 aliphatic carbocycles. The van der Waals surface area contributed by atoms with Crippen LogP contribution in [0.4, 0.5) is 0 Å². The summed E-state index contributed by atoms with van der Waals surface area (Å²) in [5, 5.41) is 0. The molecular formula is C28H20Na4O12S4. The minimum Gasteiger partial charge on any atom is -0.744 e. The van der Waals surface area contributed by atoms with Gasteiger partial charge in [-0.3, -0.25) is 0 Å². The Morgan fingerprint density at radius 1 is 0.354 bits per heavy atom. The quantitative estimate of drug-likeness (QED) is 0.0925. The number of hydrogen-bond acceptors (Lipinski definition) is 12. The number of rotatable bonds is 8. The Morgan fingerprint density at radius 3 is 0.896 bits per heavy atom. The Kier molecular flexibility index (Phi) is 22.5. The van der Waals surface area contributed by atoms with Crippen LogP contribution in [0, 0.1) is 0 Å². The summed E-state index contributed by atoms with van der Waals surface area (Å²) in [4.78, 5) is -4.15. The van der Waals surface area contributed by atoms with Crippen molar-refractivity contribution in [1.29, 1.82) is 0 Å². The van der Waals surface area contributed by atoms with Crippen molar-refractivity contribution >= 4 is 64.8 Å². The normalized spacial score (nSPS) is 11.6. The molecule has 0 unspecified atom stereocenters. The van der Waals surface area contributed by atoms with E-state index in [9.17, 15) is 51.9 Å². The molecule has 0 aliphatic rings. The molecule has 48 heavy (non-hydrogen) atoms. The van der Waals surface area contributed by atoms with Gasteiger partial charge in [0.1, 0.15) is 40.5 Å². The Morgan fingerprint density at radius 2 is 0.646 bits per heavy atom. The fourth-order valence-corrected chi connectivity index (χ4v) is 7.64. The smallest absolute Gasteiger partial charge is 0.744 e. The molecule has 0 aliphatic heterocycles. The van der Waals surface area contributed by atoms with E-state index in [1.807, 2.05) is 0 Å². The van der Waals surface area contributed by atoms with Crippen molar-refractivity contribution in [3.63, 3.8) is 0 Å². The van der Waals surface area contributed by atoms with Crippen molar-refractivity contribution in [2.75, 3.05) is 0 Å². The number of benzene rings is 4. The minimum atomic E-state index is -5.13. The van der Waals surface area contributed by atoms with Gasteiger partial charge in [-0.2, -0.15) is 0 Å². The maximum Gasteiger partial charge on any atom is 1.00 e. The maximum atomic E-state index is 11.3. The van der Waals surface area contributed by atoms with Crippen LogP contribution in [-0.2, 0) is 40.5 Å². The average Bonchev–Trinajstić information content (AvgIpc) is 2.94. The zero-order valence-electron chi connectivity index (χ0n) is 26.1. The van der Waals surface area contributed by atoms with E-state index < -0.39 is 60.1 Å². The van der Waals surface area contributed by atoms with Crippen molar-refractivity contribution in [3.05, 3.63) is 119 Å². The molecule has 20 heteroatoms. The summed E-state index contributed by atoms with van der Waals surface area (Å²) in [6.45, 7) is 0. The van der Waals surface area contributed by atoms with Gasteiger partial charge >= 0.3 is 118 Å². The average molecular weight is 769 g/mol. The molecule has 4 aromatic carbocycles. The molecule has 232 valence electrons. The van der Waals surface area contributed by atoms with Gasteiger partial charge in [-0.25, -0.2) is 33.7 Å². The molecule has 0 amide bonds. The van der Waals surface area contributed by atoms with E-state index in [-0.39, 0.29) is 129 Å². The SMILES string of the molecule is O=S(=O)([O-])c1cccc(C=Cc2ccccc2)c1S(=O)(=O)[O-].O=S(=O)([O-])c1cccc(C=Cc2ccccc2)c1S(=O)(=O)[O-].[Na+].[Na+].[Na+].[Na+]. The second kappa shape index (κ2) is 21.5. The van der Waals surface area contributed by atoms with Gasteiger partial charge in [0.2, 0.25) is 0 Å². The summed E-state index contributed by atoms with van der Waals surface area (Å²) in [5.74, 6) is 0. The summed E-state index contributed by atoms with van der Waals surface area (Å²) < 4.78 is 135. The van der Waals surface area contributed by atoms with Crippen LogP contribution in [0.15, 0.2) is 117 Å². The van der Waals surface area contributed by atoms with Gasteiger partial charge in [-0.05, 0) is 34.4 Å². The molecule has 12 nitrogen and oxygen atoms in total. The van der Waals surface area contributed by atoms with Crippen molar-refractivity contribution in [2.45, 2.75) is 19.6 Å². The Hall–Kier alpha value is 0.00000000000000178. The van der Waals surface area contributed by atoms with Gasteiger partial charge < -0.3 is 18.2 Å². The van der Waals surface area contributed by atoms with Crippen molar-refractivity contribution < 1.29 is 170 Å². The van der Waals surface area contributed by atoms with Crippen LogP contribution in [0.5, 0.6) is 0 Å². The van der Waals surface area contributed by atoms with Crippen LogP contribution in [-0.4, -0.2) is 51.9 Å². The Balaban J connectivity index is 0. The summed E-state index contributed by atoms with van der Waals surface area (Å²) in [5.41, 5.74) is 1.12. The van der Waals surface area contributed by atoms with E-state index in [4.69, 9.17) is 0 Å². The molecule has 0 fully saturated rings. The molecule has 0 saturated heterocycles. The first-order valence-corrected chi connectivity index (χ1v) is 17.6. The monoisotopic (exact) mass is 768 g/mol. The Labute approximate surface area is 368 Å². The molecule has 0 spiro atoms. The van der Waals surface area contributed by atoms with Crippen molar-refractivity contribution in [3.8, 4) is 0 Å². The van der Waals surface area contributed by atoms with E-state index >= 15 is 0 Å². The number of hydrogen-bond donors (Lipinski definition) is 0. The maximum absolute atomic E-state index is 11.3. The molecule has 4 rings (SSSR count). The van der Waals surface area contributed by atoms with Gasteiger partial charge in [0.25, 0.3) is 0 Å². The predicted octanol–water partition coefficient (Wildman–Crippen LogP) is -8.65. The molecule has 0 bridgehead atoms. The first kappa shape index (κ1) is 50.1. The van der Waals surface area contributed by atoms with Crippen LogP contribution in [0.2, 0.25) is 0 Å². The molecule has 4 aromatic rings. The van der Waals surface area contributed by atoms with Crippen LogP contribution in [0.1, 0.15) is 22.3 Å². The minimum absolute atomic E-state index is 0. The van der Waals surface area contributed by atoms with Crippen LogP contribution in [0.25, 0.3) is 24.3 Å². The summed E-state index contributed by atoms with van der Waals surface area (Å²) in [7, 11) is -20.4. The molecule has 0 atom stereocenters. The zero-order chi connectivity index (χ0) is 32.8. The van der Waals surface area contributed by atoms with E-state index in [1.54, 1.807) is 60.7 Å². The third kappa shape index (κ3) is 15.3. The summed E-state index contributed by atoms with van der Waals surface area (Å²) >= 11 is 0. The third-order valence-electron chi connectivity index (χ3n) is 5.57. The third-order valence-corrected chi connectivity index (χ3v) is 9.49. The molecule has 0 N–H and O–H groups in total. The largest absolute Gasteiger partial charge is 1.00 e. The predicted molar refractivity (Wildman–Crippen MR) is 155 cm³/mol. The first-order valence-electron chi connectivity index (χ1n) is 11.9. The topological polar surface area (TPSA) is 229 Å². The van der Waals surface area contributed by atoms with Crippen molar-refractivity contribution in [2.24, 2.45) is 0 Å². The fraction of sp³-hybridized carbons (Fsp3) is 0. The van der Waals surface area contributed by atoms with Crippen LogP contribution < -0.4 is 118 Å². The molecule has 0 heterocycles. The van der Waals surface area contributed by atoms with Gasteiger partial charge in [-0.1, -0.05) is 109 Å². The van der Waals surface area contributed by atoms with Crippen molar-refractivity contribution in [1.82, 2.24) is 0 Å². The van der Waals surface area contributed by atoms with Crippen LogP contribution in [0.3, 0.4) is 0 Å². The second-order valence-corrected chi connectivity index (χ2v) is 14.0. The first-order chi connectivity index (χ1) is 20.4. The van der Waals surface area contributed by atoms with Gasteiger partial charge in [0.05, 0.1) is 19.6 Å². The van der Waals surface area contributed by atoms with E-state index in [0.29, 0.717) is 11.1 Å². The molecular weight excluding hydrogens is 749 g/mol.